The maximum Gasteiger partial charge on any atom is 0.307 e. The van der Waals surface area contributed by atoms with Crippen molar-refractivity contribution in [1.29, 1.82) is 0 Å². The molecule has 2 heterocycles. The normalized spacial score (nSPS) is 13.8. The molecule has 88 valence electrons. The number of hydrogen-bond acceptors (Lipinski definition) is 5. The molecule has 0 saturated carbocycles. The van der Waals surface area contributed by atoms with Crippen LogP contribution in [0.2, 0.25) is 0 Å². The molecule has 1 aliphatic heterocycles. The van der Waals surface area contributed by atoms with Crippen molar-refractivity contribution in [2.45, 2.75) is 6.42 Å². The van der Waals surface area contributed by atoms with Gasteiger partial charge in [0.15, 0.2) is 0 Å². The summed E-state index contributed by atoms with van der Waals surface area (Å²) in [5.74, 6) is -1.34. The van der Waals surface area contributed by atoms with E-state index in [1.165, 1.54) is 13.3 Å². The van der Waals surface area contributed by atoms with E-state index < -0.39 is 17.8 Å². The number of pyridine rings is 1. The first-order valence-electron chi connectivity index (χ1n) is 5.03. The molecule has 0 saturated heterocycles. The fourth-order valence-electron chi connectivity index (χ4n) is 1.62. The molecule has 0 atom stereocenters. The van der Waals surface area contributed by atoms with Gasteiger partial charge in [-0.3, -0.25) is 24.3 Å². The molecular weight excluding hydrogens is 224 g/mol. The molecule has 0 aliphatic carbocycles. The third-order valence-electron chi connectivity index (χ3n) is 2.50. The van der Waals surface area contributed by atoms with E-state index in [0.717, 1.165) is 4.90 Å². The average molecular weight is 234 g/mol. The zero-order valence-electron chi connectivity index (χ0n) is 9.17. The highest BCUT2D eigenvalue weighted by Gasteiger charge is 2.36. The van der Waals surface area contributed by atoms with Crippen LogP contribution in [0, 0.1) is 0 Å². The highest BCUT2D eigenvalue weighted by molar-refractivity contribution is 6.20. The van der Waals surface area contributed by atoms with E-state index in [-0.39, 0.29) is 24.2 Å². The van der Waals surface area contributed by atoms with Gasteiger partial charge in [0.25, 0.3) is 11.8 Å². The highest BCUT2D eigenvalue weighted by atomic mass is 16.5. The molecular formula is C11H10N2O4. The molecule has 0 N–H and O–H groups in total. The first-order chi connectivity index (χ1) is 8.15. The van der Waals surface area contributed by atoms with Crippen LogP contribution in [0.15, 0.2) is 18.3 Å². The Morgan fingerprint density at radius 1 is 1.41 bits per heavy atom. The van der Waals surface area contributed by atoms with Gasteiger partial charge in [-0.1, -0.05) is 0 Å². The molecule has 0 unspecified atom stereocenters. The monoisotopic (exact) mass is 234 g/mol. The van der Waals surface area contributed by atoms with Crippen molar-refractivity contribution in [3.05, 3.63) is 29.6 Å². The Balaban J connectivity index is 2.16. The van der Waals surface area contributed by atoms with E-state index in [1.807, 2.05) is 0 Å². The lowest BCUT2D eigenvalue weighted by molar-refractivity contribution is -0.140. The number of esters is 1. The van der Waals surface area contributed by atoms with Gasteiger partial charge < -0.3 is 4.74 Å². The number of rotatable bonds is 3. The molecule has 2 rings (SSSR count). The fraction of sp³-hybridized carbons (Fsp3) is 0.273. The molecule has 0 radical (unpaired) electrons. The molecule has 0 aromatic carbocycles. The lowest BCUT2D eigenvalue weighted by atomic mass is 10.2. The van der Waals surface area contributed by atoms with Crippen LogP contribution < -0.4 is 0 Å². The van der Waals surface area contributed by atoms with Gasteiger partial charge in [-0.05, 0) is 12.1 Å². The molecule has 6 heteroatoms. The van der Waals surface area contributed by atoms with Crippen molar-refractivity contribution in [1.82, 2.24) is 9.88 Å². The molecule has 6 nitrogen and oxygen atoms in total. The molecule has 0 bridgehead atoms. The minimum atomic E-state index is -0.463. The number of carbonyl (C=O) groups excluding carboxylic acids is 3. The summed E-state index contributed by atoms with van der Waals surface area (Å²) < 4.78 is 4.45. The van der Waals surface area contributed by atoms with Crippen LogP contribution in [0.1, 0.15) is 27.3 Å². The van der Waals surface area contributed by atoms with Gasteiger partial charge in [0.05, 0.1) is 19.1 Å². The van der Waals surface area contributed by atoms with Crippen LogP contribution in [0.5, 0.6) is 0 Å². The van der Waals surface area contributed by atoms with Crippen LogP contribution >= 0.6 is 0 Å². The van der Waals surface area contributed by atoms with E-state index in [9.17, 15) is 14.4 Å². The Morgan fingerprint density at radius 2 is 2.18 bits per heavy atom. The molecule has 2 amide bonds. The summed E-state index contributed by atoms with van der Waals surface area (Å²) >= 11 is 0. The zero-order chi connectivity index (χ0) is 12.4. The predicted molar refractivity (Wildman–Crippen MR) is 56.2 cm³/mol. The Kier molecular flexibility index (Phi) is 2.86. The van der Waals surface area contributed by atoms with Crippen molar-refractivity contribution in [3.63, 3.8) is 0 Å². The van der Waals surface area contributed by atoms with Crippen LogP contribution in [-0.2, 0) is 9.53 Å². The van der Waals surface area contributed by atoms with E-state index in [0.29, 0.717) is 0 Å². The summed E-state index contributed by atoms with van der Waals surface area (Å²) in [5.41, 5.74) is 0.421. The SMILES string of the molecule is COC(=O)CCN1C(=O)c2cccnc2C1=O. The van der Waals surface area contributed by atoms with E-state index >= 15 is 0 Å². The molecule has 1 aromatic rings. The Hall–Kier alpha value is -2.24. The van der Waals surface area contributed by atoms with Crippen LogP contribution in [-0.4, -0.2) is 41.3 Å². The second-order valence-corrected chi connectivity index (χ2v) is 3.49. The van der Waals surface area contributed by atoms with Crippen molar-refractivity contribution in [2.24, 2.45) is 0 Å². The standard InChI is InChI=1S/C11H10N2O4/c1-17-8(14)4-6-13-10(15)7-3-2-5-12-9(7)11(13)16/h2-3,5H,4,6H2,1H3. The van der Waals surface area contributed by atoms with E-state index in [4.69, 9.17) is 0 Å². The number of nitrogens with zero attached hydrogens (tertiary/aromatic N) is 2. The molecule has 0 fully saturated rings. The predicted octanol–water partition coefficient (Wildman–Crippen LogP) is 0.241. The molecule has 1 aromatic heterocycles. The molecule has 1 aliphatic rings. The number of hydrogen-bond donors (Lipinski definition) is 0. The van der Waals surface area contributed by atoms with Crippen LogP contribution in [0.4, 0.5) is 0 Å². The lowest BCUT2D eigenvalue weighted by Crippen LogP contribution is -2.32. The van der Waals surface area contributed by atoms with Crippen LogP contribution in [0.25, 0.3) is 0 Å². The topological polar surface area (TPSA) is 76.6 Å². The van der Waals surface area contributed by atoms with Gasteiger partial charge in [-0.2, -0.15) is 0 Å². The summed E-state index contributed by atoms with van der Waals surface area (Å²) in [6, 6.07) is 3.13. The van der Waals surface area contributed by atoms with Gasteiger partial charge in [0.2, 0.25) is 0 Å². The Labute approximate surface area is 97.2 Å². The van der Waals surface area contributed by atoms with Gasteiger partial charge in [0.1, 0.15) is 5.69 Å². The first kappa shape index (κ1) is 11.3. The number of fused-ring (bicyclic) bond motifs is 1. The third kappa shape index (κ3) is 1.89. The van der Waals surface area contributed by atoms with Crippen molar-refractivity contribution in [3.8, 4) is 0 Å². The van der Waals surface area contributed by atoms with E-state index in [1.54, 1.807) is 12.1 Å². The lowest BCUT2D eigenvalue weighted by Gasteiger charge is -2.11. The molecule has 0 spiro atoms. The number of ether oxygens (including phenoxy) is 1. The Bertz CT molecular complexity index is 463. The van der Waals surface area contributed by atoms with Gasteiger partial charge >= 0.3 is 5.97 Å². The highest BCUT2D eigenvalue weighted by Crippen LogP contribution is 2.20. The number of amides is 2. The summed E-state index contributed by atoms with van der Waals surface area (Å²) in [4.78, 5) is 39.5. The number of aromatic nitrogens is 1. The first-order valence-corrected chi connectivity index (χ1v) is 5.03. The minimum absolute atomic E-state index is 0.0119. The number of imide groups is 1. The minimum Gasteiger partial charge on any atom is -0.469 e. The summed E-state index contributed by atoms with van der Waals surface area (Å²) in [7, 11) is 1.26. The third-order valence-corrected chi connectivity index (χ3v) is 2.50. The number of methoxy groups -OCH3 is 1. The average Bonchev–Trinajstić information content (AvgIpc) is 2.60. The van der Waals surface area contributed by atoms with Gasteiger partial charge in [-0.15, -0.1) is 0 Å². The summed E-state index contributed by atoms with van der Waals surface area (Å²) in [5, 5.41) is 0. The largest absolute Gasteiger partial charge is 0.469 e. The van der Waals surface area contributed by atoms with Crippen molar-refractivity contribution >= 4 is 17.8 Å². The summed E-state index contributed by atoms with van der Waals surface area (Å²) in [6.07, 6.45) is 1.44. The molecule has 17 heavy (non-hydrogen) atoms. The van der Waals surface area contributed by atoms with Gasteiger partial charge in [-0.25, -0.2) is 0 Å². The van der Waals surface area contributed by atoms with Crippen molar-refractivity contribution in [2.75, 3.05) is 13.7 Å². The summed E-state index contributed by atoms with van der Waals surface area (Å²) in [6.45, 7) is 0.0146. The quantitative estimate of drug-likeness (QED) is 0.553. The zero-order valence-corrected chi connectivity index (χ0v) is 9.17. The van der Waals surface area contributed by atoms with Crippen LogP contribution in [0.3, 0.4) is 0 Å². The second kappa shape index (κ2) is 4.32. The maximum atomic E-state index is 11.8. The second-order valence-electron chi connectivity index (χ2n) is 3.49. The maximum absolute atomic E-state index is 11.8. The Morgan fingerprint density at radius 3 is 2.82 bits per heavy atom. The number of carbonyl (C=O) groups is 3. The van der Waals surface area contributed by atoms with E-state index in [2.05, 4.69) is 9.72 Å². The van der Waals surface area contributed by atoms with Crippen molar-refractivity contribution < 1.29 is 19.1 Å². The van der Waals surface area contributed by atoms with Gasteiger partial charge in [0, 0.05) is 12.7 Å². The smallest absolute Gasteiger partial charge is 0.307 e. The fourth-order valence-corrected chi connectivity index (χ4v) is 1.62.